The zero-order valence-electron chi connectivity index (χ0n) is 11.2. The molecule has 0 aromatic carbocycles. The summed E-state index contributed by atoms with van der Waals surface area (Å²) in [6.45, 7) is 4.86. The van der Waals surface area contributed by atoms with Gasteiger partial charge in [0.25, 0.3) is 5.82 Å². The molecule has 1 unspecified atom stereocenters. The van der Waals surface area contributed by atoms with Crippen LogP contribution in [0.2, 0.25) is 0 Å². The van der Waals surface area contributed by atoms with E-state index >= 15 is 0 Å². The van der Waals surface area contributed by atoms with Crippen LogP contribution in [0.1, 0.15) is 39.5 Å². The second-order valence-corrected chi connectivity index (χ2v) is 6.11. The zero-order valence-corrected chi connectivity index (χ0v) is 11.2. The van der Waals surface area contributed by atoms with Crippen LogP contribution in [0.4, 0.5) is 5.82 Å². The van der Waals surface area contributed by atoms with Gasteiger partial charge in [-0.3, -0.25) is 4.90 Å². The van der Waals surface area contributed by atoms with Gasteiger partial charge in [0.15, 0.2) is 0 Å². The number of aryl methyl sites for hydroxylation is 1. The molecule has 17 heavy (non-hydrogen) atoms. The number of piperidine rings is 2. The molecule has 1 aromatic heterocycles. The fourth-order valence-electron chi connectivity index (χ4n) is 3.94. The Labute approximate surface area is 104 Å². The van der Waals surface area contributed by atoms with Crippen molar-refractivity contribution in [1.29, 1.82) is 0 Å². The van der Waals surface area contributed by atoms with E-state index in [1.165, 1.54) is 31.5 Å². The summed E-state index contributed by atoms with van der Waals surface area (Å²) in [4.78, 5) is 2.69. The van der Waals surface area contributed by atoms with Crippen molar-refractivity contribution in [2.24, 2.45) is 13.0 Å². The van der Waals surface area contributed by atoms with Crippen molar-refractivity contribution in [3.8, 4) is 0 Å². The van der Waals surface area contributed by atoms with Crippen molar-refractivity contribution < 1.29 is 4.57 Å². The molecule has 1 aliphatic carbocycles. The lowest BCUT2D eigenvalue weighted by atomic mass is 9.68. The number of hydrogen-bond donors (Lipinski definition) is 0. The summed E-state index contributed by atoms with van der Waals surface area (Å²) in [5, 5.41) is 0. The lowest BCUT2D eigenvalue weighted by Gasteiger charge is -2.52. The maximum absolute atomic E-state index is 2.69. The fraction of sp³-hybridized carbons (Fsp3) is 0.667. The number of hydrogen-bond acceptors (Lipinski definition) is 1. The van der Waals surface area contributed by atoms with E-state index in [-0.39, 0.29) is 0 Å². The molecule has 0 N–H and O–H groups in total. The molecule has 2 saturated heterocycles. The number of pyridine rings is 1. The second kappa shape index (κ2) is 3.72. The van der Waals surface area contributed by atoms with Gasteiger partial charge in [0.05, 0.1) is 19.3 Å². The van der Waals surface area contributed by atoms with Crippen molar-refractivity contribution in [2.75, 3.05) is 4.90 Å². The molecule has 2 nitrogen and oxygen atoms in total. The summed E-state index contributed by atoms with van der Waals surface area (Å²) < 4.78 is 2.27. The van der Waals surface area contributed by atoms with Crippen molar-refractivity contribution in [1.82, 2.24) is 0 Å². The van der Waals surface area contributed by atoms with Crippen LogP contribution in [0.25, 0.3) is 0 Å². The highest BCUT2D eigenvalue weighted by Gasteiger charge is 2.52. The highest BCUT2D eigenvalue weighted by atomic mass is 15.3. The Bertz CT molecular complexity index is 419. The van der Waals surface area contributed by atoms with Crippen LogP contribution >= 0.6 is 0 Å². The summed E-state index contributed by atoms with van der Waals surface area (Å²) in [6.07, 6.45) is 7.72. The first kappa shape index (κ1) is 11.1. The highest BCUT2D eigenvalue weighted by Crippen LogP contribution is 2.47. The minimum absolute atomic E-state index is 0.382. The highest BCUT2D eigenvalue weighted by molar-refractivity contribution is 5.41. The maximum atomic E-state index is 2.69. The molecule has 3 heterocycles. The predicted octanol–water partition coefficient (Wildman–Crippen LogP) is 2.67. The third-order valence-corrected chi connectivity index (χ3v) is 5.05. The third kappa shape index (κ3) is 1.57. The molecular weight excluding hydrogens is 208 g/mol. The van der Waals surface area contributed by atoms with Gasteiger partial charge in [0, 0.05) is 6.07 Å². The Kier molecular flexibility index (Phi) is 2.42. The fourth-order valence-corrected chi connectivity index (χ4v) is 3.94. The summed E-state index contributed by atoms with van der Waals surface area (Å²) in [5.74, 6) is 2.28. The van der Waals surface area contributed by atoms with Crippen LogP contribution < -0.4 is 9.47 Å². The van der Waals surface area contributed by atoms with Gasteiger partial charge >= 0.3 is 0 Å². The summed E-state index contributed by atoms with van der Waals surface area (Å²) in [7, 11) is 2.16. The van der Waals surface area contributed by atoms with Gasteiger partial charge < -0.3 is 0 Å². The molecule has 3 fully saturated rings. The smallest absolute Gasteiger partial charge is 0.254 e. The molecule has 0 radical (unpaired) electrons. The molecule has 4 rings (SSSR count). The van der Waals surface area contributed by atoms with E-state index in [1.807, 2.05) is 0 Å². The Balaban J connectivity index is 2.05. The Morgan fingerprint density at radius 3 is 2.59 bits per heavy atom. The summed E-state index contributed by atoms with van der Waals surface area (Å²) >= 11 is 0. The van der Waals surface area contributed by atoms with E-state index in [9.17, 15) is 0 Å². The van der Waals surface area contributed by atoms with Gasteiger partial charge in [-0.1, -0.05) is 6.07 Å². The van der Waals surface area contributed by atoms with E-state index in [1.54, 1.807) is 0 Å². The molecule has 2 heteroatoms. The summed E-state index contributed by atoms with van der Waals surface area (Å²) in [5.41, 5.74) is 0.382. The minimum atomic E-state index is 0.382. The molecule has 3 aliphatic rings. The Morgan fingerprint density at radius 2 is 2.00 bits per heavy atom. The lowest BCUT2D eigenvalue weighted by molar-refractivity contribution is -0.659. The van der Waals surface area contributed by atoms with Crippen LogP contribution in [0.15, 0.2) is 24.4 Å². The molecule has 2 aliphatic heterocycles. The average molecular weight is 231 g/mol. The largest absolute Gasteiger partial charge is 0.276 e. The number of nitrogens with zero attached hydrogens (tertiary/aromatic N) is 2. The van der Waals surface area contributed by atoms with Gasteiger partial charge in [-0.2, -0.15) is 0 Å². The predicted molar refractivity (Wildman–Crippen MR) is 69.9 cm³/mol. The standard InChI is InChI=1S/C15H23N2/c1-12-13-7-9-15(2,10-8-13)17(12)14-6-4-5-11-16(14)3/h4-6,11-13H,7-10H2,1-3H3/q+1. The van der Waals surface area contributed by atoms with Crippen molar-refractivity contribution in [2.45, 2.75) is 51.1 Å². The molecule has 92 valence electrons. The number of aromatic nitrogens is 1. The minimum Gasteiger partial charge on any atom is -0.254 e. The number of anilines is 1. The Hall–Kier alpha value is -1.05. The van der Waals surface area contributed by atoms with E-state index < -0.39 is 0 Å². The SMILES string of the molecule is CC1C2CCC(C)(CC2)N1c1cccc[n+]1C. The van der Waals surface area contributed by atoms with Crippen LogP contribution in [0, 0.1) is 5.92 Å². The zero-order chi connectivity index (χ0) is 12.0. The topological polar surface area (TPSA) is 7.12 Å². The molecule has 1 atom stereocenters. The van der Waals surface area contributed by atoms with E-state index in [0.717, 1.165) is 5.92 Å². The molecule has 1 saturated carbocycles. The van der Waals surface area contributed by atoms with Crippen LogP contribution in [0.5, 0.6) is 0 Å². The van der Waals surface area contributed by atoms with Crippen molar-refractivity contribution >= 4 is 5.82 Å². The third-order valence-electron chi connectivity index (χ3n) is 5.05. The van der Waals surface area contributed by atoms with E-state index in [0.29, 0.717) is 11.6 Å². The van der Waals surface area contributed by atoms with Gasteiger partial charge in [0.1, 0.15) is 5.54 Å². The summed E-state index contributed by atoms with van der Waals surface area (Å²) in [6, 6.07) is 7.23. The maximum Gasteiger partial charge on any atom is 0.276 e. The first-order valence-electron chi connectivity index (χ1n) is 6.86. The monoisotopic (exact) mass is 231 g/mol. The van der Waals surface area contributed by atoms with Gasteiger partial charge in [-0.25, -0.2) is 4.57 Å². The molecular formula is C15H23N2+. The number of rotatable bonds is 1. The van der Waals surface area contributed by atoms with Gasteiger partial charge in [-0.15, -0.1) is 0 Å². The van der Waals surface area contributed by atoms with Crippen LogP contribution in [-0.4, -0.2) is 11.6 Å². The quantitative estimate of drug-likeness (QED) is 0.674. The first-order chi connectivity index (χ1) is 8.12. The lowest BCUT2D eigenvalue weighted by Crippen LogP contribution is -2.63. The van der Waals surface area contributed by atoms with E-state index in [4.69, 9.17) is 0 Å². The second-order valence-electron chi connectivity index (χ2n) is 6.11. The normalized spacial score (nSPS) is 36.3. The van der Waals surface area contributed by atoms with Crippen LogP contribution in [0.3, 0.4) is 0 Å². The van der Waals surface area contributed by atoms with Crippen molar-refractivity contribution in [3.05, 3.63) is 24.4 Å². The molecule has 0 amide bonds. The van der Waals surface area contributed by atoms with Crippen molar-refractivity contribution in [3.63, 3.8) is 0 Å². The number of fused-ring (bicyclic) bond motifs is 3. The molecule has 2 bridgehead atoms. The molecule has 1 aromatic rings. The average Bonchev–Trinajstić information content (AvgIpc) is 2.31. The Morgan fingerprint density at radius 1 is 1.29 bits per heavy atom. The van der Waals surface area contributed by atoms with Crippen LogP contribution in [-0.2, 0) is 7.05 Å². The van der Waals surface area contributed by atoms with Gasteiger partial charge in [-0.05, 0) is 51.5 Å². The molecule has 0 spiro atoms. The first-order valence-corrected chi connectivity index (χ1v) is 6.86. The van der Waals surface area contributed by atoms with E-state index in [2.05, 4.69) is 54.8 Å². The van der Waals surface area contributed by atoms with Gasteiger partial charge in [0.2, 0.25) is 0 Å².